The molecule has 0 bridgehead atoms. The van der Waals surface area contributed by atoms with Crippen LogP contribution in [-0.4, -0.2) is 5.78 Å². The summed E-state index contributed by atoms with van der Waals surface area (Å²) in [5, 5.41) is 0. The number of carbonyl (C=O) groups is 1. The van der Waals surface area contributed by atoms with Gasteiger partial charge in [0.05, 0.1) is 0 Å². The minimum Gasteiger partial charge on any atom is -0.299 e. The molecule has 0 saturated carbocycles. The zero-order chi connectivity index (χ0) is 26.5. The minimum atomic E-state index is 0.273. The van der Waals surface area contributed by atoms with Gasteiger partial charge in [-0.25, -0.2) is 0 Å². The van der Waals surface area contributed by atoms with Gasteiger partial charge in [0.1, 0.15) is 5.78 Å². The lowest BCUT2D eigenvalue weighted by molar-refractivity contribution is -0.126. The maximum atomic E-state index is 12.7. The third kappa shape index (κ3) is 25.3. The number of ketones is 1. The van der Waals surface area contributed by atoms with Gasteiger partial charge in [-0.15, -0.1) is 0 Å². The number of hydrogen-bond donors (Lipinski definition) is 0. The standard InChI is InChI=1S/C35H70O/c1-5-7-9-11-13-15-17-19-21-23-25-27-29-31-33(3)35(36)34(4)32-30-28-26-24-22-20-18-16-14-12-10-8-6-2/h33-34H,5-32H2,1-4H3. The predicted octanol–water partition coefficient (Wildman–Crippen LogP) is 12.8. The molecule has 0 rings (SSSR count). The summed E-state index contributed by atoms with van der Waals surface area (Å²) < 4.78 is 0. The molecule has 0 aromatic heterocycles. The van der Waals surface area contributed by atoms with E-state index in [0.29, 0.717) is 5.78 Å². The topological polar surface area (TPSA) is 17.1 Å². The Bertz CT molecular complexity index is 390. The number of unbranched alkanes of at least 4 members (excludes halogenated alkanes) is 24. The smallest absolute Gasteiger partial charge is 0.138 e. The van der Waals surface area contributed by atoms with Gasteiger partial charge in [0.25, 0.3) is 0 Å². The zero-order valence-corrected chi connectivity index (χ0v) is 25.9. The van der Waals surface area contributed by atoms with Gasteiger partial charge >= 0.3 is 0 Å². The molecule has 0 N–H and O–H groups in total. The summed E-state index contributed by atoms with van der Waals surface area (Å²) in [6.07, 6.45) is 38.6. The van der Waals surface area contributed by atoms with Gasteiger partial charge in [-0.3, -0.25) is 4.79 Å². The first-order valence-corrected chi connectivity index (χ1v) is 17.2. The van der Waals surface area contributed by atoms with Crippen molar-refractivity contribution in [1.82, 2.24) is 0 Å². The van der Waals surface area contributed by atoms with Crippen molar-refractivity contribution in [3.8, 4) is 0 Å². The average molecular weight is 507 g/mol. The fraction of sp³-hybridized carbons (Fsp3) is 0.971. The fourth-order valence-electron chi connectivity index (χ4n) is 5.71. The molecule has 1 heteroatoms. The fourth-order valence-corrected chi connectivity index (χ4v) is 5.71. The van der Waals surface area contributed by atoms with Crippen molar-refractivity contribution in [3.05, 3.63) is 0 Å². The highest BCUT2D eigenvalue weighted by atomic mass is 16.1. The van der Waals surface area contributed by atoms with E-state index in [-0.39, 0.29) is 11.8 Å². The summed E-state index contributed by atoms with van der Waals surface area (Å²) >= 11 is 0. The Morgan fingerprint density at radius 3 is 0.778 bits per heavy atom. The summed E-state index contributed by atoms with van der Waals surface area (Å²) in [6.45, 7) is 8.95. The van der Waals surface area contributed by atoms with Crippen molar-refractivity contribution in [2.75, 3.05) is 0 Å². The zero-order valence-electron chi connectivity index (χ0n) is 25.9. The molecule has 0 spiro atoms. The van der Waals surface area contributed by atoms with Gasteiger partial charge in [0.2, 0.25) is 0 Å². The molecule has 1 nitrogen and oxygen atoms in total. The Hall–Kier alpha value is -0.330. The van der Waals surface area contributed by atoms with Gasteiger partial charge in [-0.05, 0) is 12.8 Å². The van der Waals surface area contributed by atoms with E-state index in [1.54, 1.807) is 0 Å². The van der Waals surface area contributed by atoms with Crippen LogP contribution in [-0.2, 0) is 4.79 Å². The third-order valence-corrected chi connectivity index (χ3v) is 8.45. The van der Waals surface area contributed by atoms with E-state index in [0.717, 1.165) is 12.8 Å². The van der Waals surface area contributed by atoms with Crippen LogP contribution in [0.1, 0.15) is 207 Å². The molecule has 2 atom stereocenters. The quantitative estimate of drug-likeness (QED) is 0.0885. The lowest BCUT2D eigenvalue weighted by atomic mass is 9.88. The number of Topliss-reactive ketones (excluding diaryl/α,β-unsaturated/α-hetero) is 1. The Morgan fingerprint density at radius 2 is 0.556 bits per heavy atom. The van der Waals surface area contributed by atoms with E-state index in [9.17, 15) is 4.79 Å². The van der Waals surface area contributed by atoms with Crippen molar-refractivity contribution >= 4 is 5.78 Å². The molecular formula is C35H70O. The van der Waals surface area contributed by atoms with Crippen molar-refractivity contribution < 1.29 is 4.79 Å². The molecule has 216 valence electrons. The van der Waals surface area contributed by atoms with Gasteiger partial charge in [0.15, 0.2) is 0 Å². The monoisotopic (exact) mass is 507 g/mol. The van der Waals surface area contributed by atoms with Crippen molar-refractivity contribution in [2.24, 2.45) is 11.8 Å². The van der Waals surface area contributed by atoms with E-state index >= 15 is 0 Å². The first-order valence-electron chi connectivity index (χ1n) is 17.2. The minimum absolute atomic E-state index is 0.273. The first-order chi connectivity index (χ1) is 17.6. The summed E-state index contributed by atoms with van der Waals surface area (Å²) in [6, 6.07) is 0. The molecule has 0 saturated heterocycles. The Morgan fingerprint density at radius 1 is 0.361 bits per heavy atom. The van der Waals surface area contributed by atoms with Crippen molar-refractivity contribution in [1.29, 1.82) is 0 Å². The molecule has 0 aliphatic heterocycles. The SMILES string of the molecule is CCCCCCCCCCCCCCCC(C)C(=O)C(C)CCCCCCCCCCCCCCC. The highest BCUT2D eigenvalue weighted by molar-refractivity contribution is 5.82. The lowest BCUT2D eigenvalue weighted by Gasteiger charge is -2.16. The number of hydrogen-bond acceptors (Lipinski definition) is 1. The molecule has 0 aliphatic carbocycles. The van der Waals surface area contributed by atoms with Crippen LogP contribution in [0.3, 0.4) is 0 Å². The second-order valence-corrected chi connectivity index (χ2v) is 12.3. The Balaban J connectivity index is 3.43. The molecule has 0 aromatic carbocycles. The van der Waals surface area contributed by atoms with Crippen LogP contribution >= 0.6 is 0 Å². The van der Waals surface area contributed by atoms with E-state index < -0.39 is 0 Å². The van der Waals surface area contributed by atoms with E-state index in [1.807, 2.05) is 0 Å². The number of carbonyl (C=O) groups excluding carboxylic acids is 1. The molecule has 36 heavy (non-hydrogen) atoms. The van der Waals surface area contributed by atoms with Crippen molar-refractivity contribution in [3.63, 3.8) is 0 Å². The maximum Gasteiger partial charge on any atom is 0.138 e. The third-order valence-electron chi connectivity index (χ3n) is 8.45. The van der Waals surface area contributed by atoms with Crippen LogP contribution in [0.2, 0.25) is 0 Å². The van der Waals surface area contributed by atoms with Crippen LogP contribution in [0.4, 0.5) is 0 Å². The van der Waals surface area contributed by atoms with Crippen LogP contribution < -0.4 is 0 Å². The normalized spacial score (nSPS) is 13.2. The van der Waals surface area contributed by atoms with Gasteiger partial charge in [-0.2, -0.15) is 0 Å². The lowest BCUT2D eigenvalue weighted by Crippen LogP contribution is -2.19. The second-order valence-electron chi connectivity index (χ2n) is 12.3. The molecule has 0 radical (unpaired) electrons. The molecule has 0 amide bonds. The molecule has 2 unspecified atom stereocenters. The van der Waals surface area contributed by atoms with Crippen LogP contribution in [0.25, 0.3) is 0 Å². The summed E-state index contributed by atoms with van der Waals surface area (Å²) in [7, 11) is 0. The van der Waals surface area contributed by atoms with Crippen molar-refractivity contribution in [2.45, 2.75) is 207 Å². The molecule has 0 aliphatic rings. The van der Waals surface area contributed by atoms with Crippen LogP contribution in [0.15, 0.2) is 0 Å². The molecule has 0 heterocycles. The van der Waals surface area contributed by atoms with Gasteiger partial charge < -0.3 is 0 Å². The molecule has 0 aromatic rings. The Labute approximate surface area is 229 Å². The van der Waals surface area contributed by atoms with Gasteiger partial charge in [-0.1, -0.05) is 195 Å². The summed E-state index contributed by atoms with van der Waals surface area (Å²) in [4.78, 5) is 12.7. The van der Waals surface area contributed by atoms with Gasteiger partial charge in [0, 0.05) is 11.8 Å². The highest BCUT2D eigenvalue weighted by Crippen LogP contribution is 2.21. The molecular weight excluding hydrogens is 436 g/mol. The van der Waals surface area contributed by atoms with E-state index in [4.69, 9.17) is 0 Å². The van der Waals surface area contributed by atoms with Crippen LogP contribution in [0, 0.1) is 11.8 Å². The molecule has 0 fully saturated rings. The van der Waals surface area contributed by atoms with Crippen LogP contribution in [0.5, 0.6) is 0 Å². The van der Waals surface area contributed by atoms with E-state index in [2.05, 4.69) is 27.7 Å². The maximum absolute atomic E-state index is 12.7. The Kier molecular flexibility index (Phi) is 29.0. The predicted molar refractivity (Wildman–Crippen MR) is 164 cm³/mol. The highest BCUT2D eigenvalue weighted by Gasteiger charge is 2.19. The average Bonchev–Trinajstić information content (AvgIpc) is 2.88. The van der Waals surface area contributed by atoms with E-state index in [1.165, 1.54) is 167 Å². The summed E-state index contributed by atoms with van der Waals surface area (Å²) in [5.74, 6) is 1.08. The number of rotatable bonds is 30. The first kappa shape index (κ1) is 35.7. The largest absolute Gasteiger partial charge is 0.299 e. The summed E-state index contributed by atoms with van der Waals surface area (Å²) in [5.41, 5.74) is 0. The second kappa shape index (κ2) is 29.2.